The normalized spacial score (nSPS) is 25.8. The maximum absolute atomic E-state index is 12.4. The third-order valence-electron chi connectivity index (χ3n) is 5.00. The van der Waals surface area contributed by atoms with Gasteiger partial charge in [0, 0.05) is 5.92 Å². The highest BCUT2D eigenvalue weighted by Crippen LogP contribution is 2.36. The largest absolute Gasteiger partial charge is 0.461 e. The van der Waals surface area contributed by atoms with Gasteiger partial charge in [0.25, 0.3) is 0 Å². The number of carbonyl (C=O) groups excluding carboxylic acids is 1. The number of nitrogens with one attached hydrogen (secondary N) is 1. The number of hydrogen-bond donors (Lipinski definition) is 1. The Kier molecular flexibility index (Phi) is 4.22. The number of fused-ring (bicyclic) bond motifs is 1. The first-order chi connectivity index (χ1) is 11.8. The van der Waals surface area contributed by atoms with Crippen LogP contribution in [0.25, 0.3) is 0 Å². The Morgan fingerprint density at radius 2 is 1.46 bits per heavy atom. The predicted molar refractivity (Wildman–Crippen MR) is 93.8 cm³/mol. The number of rotatable bonds is 4. The lowest BCUT2D eigenvalue weighted by molar-refractivity contribution is -0.143. The third-order valence-corrected chi connectivity index (χ3v) is 5.00. The summed E-state index contributed by atoms with van der Waals surface area (Å²) in [6.45, 7) is 0. The average molecular weight is 322 g/mol. The Balaban J connectivity index is 1.64. The van der Waals surface area contributed by atoms with E-state index < -0.39 is 0 Å². The van der Waals surface area contributed by atoms with Gasteiger partial charge in [0.15, 0.2) is 0 Å². The van der Waals surface area contributed by atoms with Gasteiger partial charge in [0.05, 0.1) is 11.4 Å². The predicted octanol–water partition coefficient (Wildman–Crippen LogP) is 3.81. The van der Waals surface area contributed by atoms with E-state index >= 15 is 0 Å². The first kappa shape index (κ1) is 15.2. The van der Waals surface area contributed by atoms with Gasteiger partial charge in [-0.15, -0.1) is 0 Å². The number of nitrogens with zero attached hydrogens (tertiary/aromatic N) is 1. The van der Waals surface area contributed by atoms with Crippen LogP contribution in [0.4, 0.5) is 11.4 Å². The highest BCUT2D eigenvalue weighted by atomic mass is 16.6. The second-order valence-corrected chi connectivity index (χ2v) is 6.54. The number of hydrazine groups is 1. The van der Waals surface area contributed by atoms with E-state index in [0.717, 1.165) is 30.6 Å². The van der Waals surface area contributed by atoms with Crippen LogP contribution < -0.4 is 10.4 Å². The fourth-order valence-corrected chi connectivity index (χ4v) is 3.79. The van der Waals surface area contributed by atoms with E-state index in [1.807, 2.05) is 65.7 Å². The van der Waals surface area contributed by atoms with Crippen LogP contribution in [0.1, 0.15) is 25.7 Å². The van der Waals surface area contributed by atoms with Gasteiger partial charge >= 0.3 is 5.97 Å². The van der Waals surface area contributed by atoms with Crippen LogP contribution in [-0.4, -0.2) is 18.1 Å². The number of esters is 1. The number of para-hydroxylation sites is 2. The highest BCUT2D eigenvalue weighted by molar-refractivity contribution is 5.79. The van der Waals surface area contributed by atoms with Crippen molar-refractivity contribution in [2.75, 3.05) is 5.01 Å². The lowest BCUT2D eigenvalue weighted by Crippen LogP contribution is -2.48. The van der Waals surface area contributed by atoms with E-state index in [1.54, 1.807) is 0 Å². The Hall–Kier alpha value is -2.33. The van der Waals surface area contributed by atoms with Crippen molar-refractivity contribution < 1.29 is 9.53 Å². The number of hydrogen-bond acceptors (Lipinski definition) is 4. The Bertz CT molecular complexity index is 650. The molecule has 0 bridgehead atoms. The first-order valence-electron chi connectivity index (χ1n) is 8.70. The summed E-state index contributed by atoms with van der Waals surface area (Å²) in [5.74, 6) is 0.143. The zero-order valence-corrected chi connectivity index (χ0v) is 13.6. The topological polar surface area (TPSA) is 41.6 Å². The van der Waals surface area contributed by atoms with Crippen molar-refractivity contribution in [3.8, 4) is 0 Å². The Morgan fingerprint density at radius 1 is 0.875 bits per heavy atom. The molecule has 1 saturated carbocycles. The molecule has 2 aliphatic rings. The molecule has 0 aromatic heterocycles. The van der Waals surface area contributed by atoms with Gasteiger partial charge in [-0.3, -0.25) is 9.80 Å². The molecule has 1 N–H and O–H groups in total. The summed E-state index contributed by atoms with van der Waals surface area (Å²) in [5, 5.41) is 2.00. The zero-order valence-electron chi connectivity index (χ0n) is 13.6. The third kappa shape index (κ3) is 2.89. The van der Waals surface area contributed by atoms with Crippen molar-refractivity contribution in [3.63, 3.8) is 0 Å². The molecule has 24 heavy (non-hydrogen) atoms. The molecule has 2 aromatic carbocycles. The molecule has 1 aliphatic heterocycles. The summed E-state index contributed by atoms with van der Waals surface area (Å²) in [5.41, 5.74) is 5.48. The molecule has 2 aromatic rings. The molecule has 4 nitrogen and oxygen atoms in total. The van der Waals surface area contributed by atoms with E-state index in [9.17, 15) is 4.79 Å². The van der Waals surface area contributed by atoms with Crippen LogP contribution in [0.5, 0.6) is 0 Å². The van der Waals surface area contributed by atoms with E-state index in [1.165, 1.54) is 6.42 Å². The minimum Gasteiger partial charge on any atom is -0.461 e. The molecule has 4 heteroatoms. The molecule has 2 fully saturated rings. The van der Waals surface area contributed by atoms with E-state index in [4.69, 9.17) is 4.74 Å². The van der Waals surface area contributed by atoms with Crippen molar-refractivity contribution >= 4 is 17.3 Å². The number of benzene rings is 2. The van der Waals surface area contributed by atoms with Crippen LogP contribution in [0, 0.1) is 5.92 Å². The maximum Gasteiger partial charge on any atom is 0.325 e. The quantitative estimate of drug-likeness (QED) is 0.686. The molecular weight excluding hydrogens is 300 g/mol. The SMILES string of the molecule is O=C1O[C@@H]2CCCC[C@@H]2[C@@H]1NN(c1ccccc1)c1ccccc1. The van der Waals surface area contributed by atoms with Gasteiger partial charge in [-0.1, -0.05) is 42.8 Å². The maximum atomic E-state index is 12.4. The van der Waals surface area contributed by atoms with Gasteiger partial charge in [0.1, 0.15) is 12.1 Å². The summed E-state index contributed by atoms with van der Waals surface area (Å²) < 4.78 is 5.62. The molecular formula is C20H22N2O2. The zero-order chi connectivity index (χ0) is 16.4. The number of anilines is 2. The molecule has 0 unspecified atom stereocenters. The monoisotopic (exact) mass is 322 g/mol. The van der Waals surface area contributed by atoms with Crippen molar-refractivity contribution in [3.05, 3.63) is 60.7 Å². The Labute approximate surface area is 142 Å². The van der Waals surface area contributed by atoms with E-state index in [2.05, 4.69) is 5.43 Å². The summed E-state index contributed by atoms with van der Waals surface area (Å²) in [6.07, 6.45) is 4.45. The summed E-state index contributed by atoms with van der Waals surface area (Å²) in [6, 6.07) is 19.9. The van der Waals surface area contributed by atoms with Gasteiger partial charge < -0.3 is 4.74 Å². The molecule has 0 spiro atoms. The summed E-state index contributed by atoms with van der Waals surface area (Å²) in [4.78, 5) is 12.4. The van der Waals surface area contributed by atoms with Gasteiger partial charge in [0.2, 0.25) is 0 Å². The molecule has 3 atom stereocenters. The van der Waals surface area contributed by atoms with Crippen molar-refractivity contribution in [1.82, 2.24) is 5.43 Å². The summed E-state index contributed by atoms with van der Waals surface area (Å²) in [7, 11) is 0. The van der Waals surface area contributed by atoms with Crippen molar-refractivity contribution in [2.45, 2.75) is 37.8 Å². The standard InChI is InChI=1S/C20H22N2O2/c23-20-19(17-13-7-8-14-18(17)24-20)21-22(15-9-3-1-4-10-15)16-11-5-2-6-12-16/h1-6,9-12,17-19,21H,7-8,13-14H2/t17-,18+,19-/m0/s1. The van der Waals surface area contributed by atoms with Crippen molar-refractivity contribution in [2.24, 2.45) is 5.92 Å². The van der Waals surface area contributed by atoms with E-state index in [0.29, 0.717) is 0 Å². The van der Waals surface area contributed by atoms with Gasteiger partial charge in [-0.05, 0) is 43.5 Å². The van der Waals surface area contributed by atoms with Gasteiger partial charge in [-0.2, -0.15) is 0 Å². The second kappa shape index (κ2) is 6.65. The molecule has 4 rings (SSSR count). The minimum atomic E-state index is -0.282. The molecule has 1 saturated heterocycles. The average Bonchev–Trinajstić information content (AvgIpc) is 2.96. The number of ether oxygens (including phenoxy) is 1. The minimum absolute atomic E-state index is 0.0807. The van der Waals surface area contributed by atoms with Crippen molar-refractivity contribution in [1.29, 1.82) is 0 Å². The van der Waals surface area contributed by atoms with E-state index in [-0.39, 0.29) is 24.0 Å². The molecule has 124 valence electrons. The lowest BCUT2D eigenvalue weighted by Gasteiger charge is -2.31. The molecule has 0 radical (unpaired) electrons. The van der Waals surface area contributed by atoms with Crippen LogP contribution in [-0.2, 0) is 9.53 Å². The fourth-order valence-electron chi connectivity index (χ4n) is 3.79. The molecule has 0 amide bonds. The highest BCUT2D eigenvalue weighted by Gasteiger charge is 2.46. The summed E-state index contributed by atoms with van der Waals surface area (Å²) >= 11 is 0. The van der Waals surface area contributed by atoms with Crippen LogP contribution in [0.2, 0.25) is 0 Å². The van der Waals surface area contributed by atoms with Crippen LogP contribution in [0.3, 0.4) is 0 Å². The van der Waals surface area contributed by atoms with Crippen LogP contribution in [0.15, 0.2) is 60.7 Å². The van der Waals surface area contributed by atoms with Gasteiger partial charge in [-0.25, -0.2) is 5.43 Å². The first-order valence-corrected chi connectivity index (χ1v) is 8.70. The smallest absolute Gasteiger partial charge is 0.325 e. The second-order valence-electron chi connectivity index (χ2n) is 6.54. The molecule has 1 heterocycles. The molecule has 1 aliphatic carbocycles. The lowest BCUT2D eigenvalue weighted by atomic mass is 9.84. The fraction of sp³-hybridized carbons (Fsp3) is 0.350. The van der Waals surface area contributed by atoms with Crippen LogP contribution >= 0.6 is 0 Å². The number of carbonyl (C=O) groups is 1. The Morgan fingerprint density at radius 3 is 2.08 bits per heavy atom.